The van der Waals surface area contributed by atoms with Crippen molar-refractivity contribution in [3.05, 3.63) is 60.0 Å². The second-order valence-corrected chi connectivity index (χ2v) is 7.42. The van der Waals surface area contributed by atoms with Crippen LogP contribution in [0.25, 0.3) is 10.9 Å². The van der Waals surface area contributed by atoms with Crippen LogP contribution in [0.2, 0.25) is 0 Å². The zero-order chi connectivity index (χ0) is 17.5. The largest absolute Gasteiger partial charge is 0.336 e. The van der Waals surface area contributed by atoms with Gasteiger partial charge in [-0.1, -0.05) is 18.2 Å². The van der Waals surface area contributed by atoms with Gasteiger partial charge in [0.05, 0.1) is 17.1 Å². The summed E-state index contributed by atoms with van der Waals surface area (Å²) >= 11 is 0. The topological polar surface area (TPSA) is 51.0 Å². The van der Waals surface area contributed by atoms with Crippen LogP contribution >= 0.6 is 0 Å². The molecule has 0 N–H and O–H groups in total. The lowest BCUT2D eigenvalue weighted by atomic mass is 10.0. The molecule has 1 aromatic carbocycles. The number of piperidine rings is 1. The van der Waals surface area contributed by atoms with Gasteiger partial charge in [0.2, 0.25) is 0 Å². The molecule has 5 heteroatoms. The molecule has 5 nitrogen and oxygen atoms in total. The minimum Gasteiger partial charge on any atom is -0.336 e. The van der Waals surface area contributed by atoms with Gasteiger partial charge in [0, 0.05) is 42.5 Å². The van der Waals surface area contributed by atoms with Gasteiger partial charge in [-0.2, -0.15) is 5.10 Å². The fourth-order valence-corrected chi connectivity index (χ4v) is 3.98. The summed E-state index contributed by atoms with van der Waals surface area (Å²) in [5.41, 5.74) is 2.81. The smallest absolute Gasteiger partial charge is 0.254 e. The molecular formula is C21H22N4O. The van der Waals surface area contributed by atoms with E-state index in [4.69, 9.17) is 4.98 Å². The maximum absolute atomic E-state index is 13.4. The Labute approximate surface area is 152 Å². The number of fused-ring (bicyclic) bond motifs is 1. The van der Waals surface area contributed by atoms with E-state index in [0.717, 1.165) is 48.1 Å². The van der Waals surface area contributed by atoms with Gasteiger partial charge in [0.1, 0.15) is 0 Å². The predicted molar refractivity (Wildman–Crippen MR) is 100 cm³/mol. The van der Waals surface area contributed by atoms with Crippen LogP contribution in [0.4, 0.5) is 0 Å². The predicted octanol–water partition coefficient (Wildman–Crippen LogP) is 3.79. The van der Waals surface area contributed by atoms with Crippen molar-refractivity contribution < 1.29 is 4.79 Å². The number of aromatic nitrogens is 3. The van der Waals surface area contributed by atoms with Crippen molar-refractivity contribution in [1.82, 2.24) is 19.7 Å². The monoisotopic (exact) mass is 346 g/mol. The quantitative estimate of drug-likeness (QED) is 0.725. The summed E-state index contributed by atoms with van der Waals surface area (Å²) in [6.07, 6.45) is 8.24. The van der Waals surface area contributed by atoms with E-state index < -0.39 is 0 Å². The standard InChI is InChI=1S/C21H22N4O/c26-21(24-11-3-5-16(14-24)25-12-4-10-22-25)18-13-20(15-8-9-15)23-19-7-2-1-6-17(18)19/h1-2,4,6-7,10,12-13,15-16H,3,5,8-9,11,14H2/t16-/m1/s1. The van der Waals surface area contributed by atoms with Crippen LogP contribution in [0.1, 0.15) is 53.7 Å². The van der Waals surface area contributed by atoms with Crippen molar-refractivity contribution in [2.24, 2.45) is 0 Å². The minimum atomic E-state index is 0.127. The number of pyridine rings is 1. The third-order valence-corrected chi connectivity index (χ3v) is 5.54. The van der Waals surface area contributed by atoms with Crippen LogP contribution in [0.15, 0.2) is 48.8 Å². The van der Waals surface area contributed by atoms with Gasteiger partial charge in [-0.15, -0.1) is 0 Å². The Balaban J connectivity index is 1.49. The normalized spacial score (nSPS) is 20.5. The van der Waals surface area contributed by atoms with Gasteiger partial charge in [-0.3, -0.25) is 14.5 Å². The van der Waals surface area contributed by atoms with Gasteiger partial charge in [-0.05, 0) is 43.9 Å². The van der Waals surface area contributed by atoms with E-state index in [-0.39, 0.29) is 11.9 Å². The molecule has 0 spiro atoms. The Morgan fingerprint density at radius 3 is 2.81 bits per heavy atom. The molecule has 0 radical (unpaired) electrons. The number of nitrogens with zero attached hydrogens (tertiary/aromatic N) is 4. The number of amides is 1. The highest BCUT2D eigenvalue weighted by molar-refractivity contribution is 6.06. The second-order valence-electron chi connectivity index (χ2n) is 7.42. The Hall–Kier alpha value is -2.69. The Bertz CT molecular complexity index is 946. The Kier molecular flexibility index (Phi) is 3.73. The van der Waals surface area contributed by atoms with Gasteiger partial charge in [0.25, 0.3) is 5.91 Å². The van der Waals surface area contributed by atoms with Crippen molar-refractivity contribution in [3.8, 4) is 0 Å². The highest BCUT2D eigenvalue weighted by atomic mass is 16.2. The zero-order valence-electron chi connectivity index (χ0n) is 14.7. The van der Waals surface area contributed by atoms with Crippen molar-refractivity contribution in [2.75, 3.05) is 13.1 Å². The molecule has 3 heterocycles. The van der Waals surface area contributed by atoms with E-state index in [9.17, 15) is 4.79 Å². The fraction of sp³-hybridized carbons (Fsp3) is 0.381. The SMILES string of the molecule is O=C(c1cc(C2CC2)nc2ccccc12)N1CCC[C@@H](n2cccn2)C1. The molecule has 2 aliphatic rings. The number of rotatable bonds is 3. The molecule has 1 saturated carbocycles. The van der Waals surface area contributed by atoms with Gasteiger partial charge >= 0.3 is 0 Å². The summed E-state index contributed by atoms with van der Waals surface area (Å²) in [5, 5.41) is 5.33. The molecule has 1 aliphatic carbocycles. The van der Waals surface area contributed by atoms with Gasteiger partial charge in [-0.25, -0.2) is 0 Å². The lowest BCUT2D eigenvalue weighted by Crippen LogP contribution is -2.41. The number of benzene rings is 1. The van der Waals surface area contributed by atoms with E-state index in [0.29, 0.717) is 5.92 Å². The maximum Gasteiger partial charge on any atom is 0.254 e. The zero-order valence-corrected chi connectivity index (χ0v) is 14.7. The van der Waals surface area contributed by atoms with Crippen LogP contribution in [0.3, 0.4) is 0 Å². The number of hydrogen-bond acceptors (Lipinski definition) is 3. The van der Waals surface area contributed by atoms with E-state index in [2.05, 4.69) is 5.10 Å². The molecule has 0 bridgehead atoms. The van der Waals surface area contributed by atoms with Crippen molar-refractivity contribution >= 4 is 16.8 Å². The lowest BCUT2D eigenvalue weighted by Gasteiger charge is -2.33. The molecule has 0 unspecified atom stereocenters. The van der Waals surface area contributed by atoms with E-state index >= 15 is 0 Å². The molecule has 1 amide bonds. The first-order chi connectivity index (χ1) is 12.8. The number of carbonyl (C=O) groups excluding carboxylic acids is 1. The molecule has 26 heavy (non-hydrogen) atoms. The minimum absolute atomic E-state index is 0.127. The van der Waals surface area contributed by atoms with Crippen LogP contribution in [-0.2, 0) is 0 Å². The average molecular weight is 346 g/mol. The molecule has 2 aromatic heterocycles. The summed E-state index contributed by atoms with van der Waals surface area (Å²) < 4.78 is 1.99. The van der Waals surface area contributed by atoms with Crippen LogP contribution in [0.5, 0.6) is 0 Å². The second kappa shape index (κ2) is 6.24. The molecule has 1 atom stereocenters. The molecular weight excluding hydrogens is 324 g/mol. The Morgan fingerprint density at radius 1 is 1.12 bits per heavy atom. The van der Waals surface area contributed by atoms with Crippen LogP contribution in [-0.4, -0.2) is 38.7 Å². The maximum atomic E-state index is 13.4. The number of para-hydroxylation sites is 1. The molecule has 5 rings (SSSR count). The van der Waals surface area contributed by atoms with Crippen molar-refractivity contribution in [2.45, 2.75) is 37.6 Å². The van der Waals surface area contributed by atoms with Gasteiger partial charge < -0.3 is 4.90 Å². The molecule has 1 aliphatic heterocycles. The highest BCUT2D eigenvalue weighted by Crippen LogP contribution is 2.40. The number of likely N-dealkylation sites (tertiary alicyclic amines) is 1. The van der Waals surface area contributed by atoms with Crippen LogP contribution in [0, 0.1) is 0 Å². The van der Waals surface area contributed by atoms with E-state index in [1.807, 2.05) is 52.2 Å². The Morgan fingerprint density at radius 2 is 2.00 bits per heavy atom. The summed E-state index contributed by atoms with van der Waals surface area (Å²) in [6, 6.07) is 12.3. The van der Waals surface area contributed by atoms with Crippen molar-refractivity contribution in [1.29, 1.82) is 0 Å². The first kappa shape index (κ1) is 15.6. The molecule has 3 aromatic rings. The van der Waals surface area contributed by atoms with Crippen molar-refractivity contribution in [3.63, 3.8) is 0 Å². The summed E-state index contributed by atoms with van der Waals surface area (Å²) in [4.78, 5) is 20.2. The first-order valence-electron chi connectivity index (χ1n) is 9.48. The molecule has 2 fully saturated rings. The lowest BCUT2D eigenvalue weighted by molar-refractivity contribution is 0.0675. The van der Waals surface area contributed by atoms with E-state index in [1.54, 1.807) is 6.20 Å². The fourth-order valence-electron chi connectivity index (χ4n) is 3.98. The summed E-state index contributed by atoms with van der Waals surface area (Å²) in [6.45, 7) is 1.53. The van der Waals surface area contributed by atoms with Gasteiger partial charge in [0.15, 0.2) is 0 Å². The third kappa shape index (κ3) is 2.77. The molecule has 132 valence electrons. The number of hydrogen-bond donors (Lipinski definition) is 0. The molecule has 1 saturated heterocycles. The summed E-state index contributed by atoms with van der Waals surface area (Å²) in [7, 11) is 0. The summed E-state index contributed by atoms with van der Waals surface area (Å²) in [5.74, 6) is 0.659. The third-order valence-electron chi connectivity index (χ3n) is 5.54. The first-order valence-corrected chi connectivity index (χ1v) is 9.48. The van der Waals surface area contributed by atoms with E-state index in [1.165, 1.54) is 12.8 Å². The highest BCUT2D eigenvalue weighted by Gasteiger charge is 2.30. The number of carbonyl (C=O) groups is 1. The average Bonchev–Trinajstić information content (AvgIpc) is 3.40. The van der Waals surface area contributed by atoms with Crippen LogP contribution < -0.4 is 0 Å².